The summed E-state index contributed by atoms with van der Waals surface area (Å²) >= 11 is 0. The van der Waals surface area contributed by atoms with E-state index < -0.39 is 0 Å². The Labute approximate surface area is 97.1 Å². The highest BCUT2D eigenvalue weighted by Gasteiger charge is 2.24. The molecule has 1 saturated heterocycles. The number of hydrogen-bond acceptors (Lipinski definition) is 3. The molecule has 1 fully saturated rings. The lowest BCUT2D eigenvalue weighted by Crippen LogP contribution is -2.25. The summed E-state index contributed by atoms with van der Waals surface area (Å²) in [6.07, 6.45) is 1.20. The van der Waals surface area contributed by atoms with Crippen molar-refractivity contribution in [3.05, 3.63) is 29.8 Å². The first-order valence-corrected chi connectivity index (χ1v) is 5.91. The Balaban J connectivity index is 2.20. The van der Waals surface area contributed by atoms with Crippen molar-refractivity contribution < 1.29 is 4.84 Å². The van der Waals surface area contributed by atoms with Crippen molar-refractivity contribution in [1.29, 1.82) is 0 Å². The lowest BCUT2D eigenvalue weighted by molar-refractivity contribution is 0.0690. The van der Waals surface area contributed by atoms with E-state index in [1.165, 1.54) is 11.3 Å². The van der Waals surface area contributed by atoms with Crippen LogP contribution in [0.15, 0.2) is 24.3 Å². The van der Waals surface area contributed by atoms with Crippen LogP contribution in [0.3, 0.4) is 0 Å². The van der Waals surface area contributed by atoms with Gasteiger partial charge in [0.25, 0.3) is 0 Å². The minimum Gasteiger partial charge on any atom is -0.369 e. The van der Waals surface area contributed by atoms with Crippen molar-refractivity contribution in [3.8, 4) is 0 Å². The molecule has 0 spiro atoms. The van der Waals surface area contributed by atoms with E-state index in [1.807, 2.05) is 0 Å². The van der Waals surface area contributed by atoms with E-state index in [0.717, 1.165) is 19.5 Å². The van der Waals surface area contributed by atoms with Crippen LogP contribution in [0.25, 0.3) is 0 Å². The van der Waals surface area contributed by atoms with Crippen molar-refractivity contribution in [2.45, 2.75) is 32.3 Å². The zero-order chi connectivity index (χ0) is 11.5. The van der Waals surface area contributed by atoms with Gasteiger partial charge < -0.3 is 4.90 Å². The molecule has 88 valence electrons. The van der Waals surface area contributed by atoms with Crippen LogP contribution >= 0.6 is 0 Å². The fraction of sp³-hybridized carbons (Fsp3) is 0.538. The molecule has 3 heteroatoms. The second-order valence-electron chi connectivity index (χ2n) is 4.71. The summed E-state index contributed by atoms with van der Waals surface area (Å²) in [4.78, 5) is 7.29. The molecular formula is C13H20N2O. The van der Waals surface area contributed by atoms with Crippen LogP contribution in [0.1, 0.15) is 31.7 Å². The largest absolute Gasteiger partial charge is 0.369 e. The van der Waals surface area contributed by atoms with Gasteiger partial charge in [-0.1, -0.05) is 32.0 Å². The monoisotopic (exact) mass is 220 g/mol. The van der Waals surface area contributed by atoms with Gasteiger partial charge in [-0.25, -0.2) is 5.90 Å². The number of benzene rings is 1. The van der Waals surface area contributed by atoms with E-state index in [1.54, 1.807) is 0 Å². The summed E-state index contributed by atoms with van der Waals surface area (Å²) in [5.74, 6) is 5.80. The van der Waals surface area contributed by atoms with E-state index >= 15 is 0 Å². The van der Waals surface area contributed by atoms with Gasteiger partial charge in [0.15, 0.2) is 0 Å². The van der Waals surface area contributed by atoms with Crippen molar-refractivity contribution in [1.82, 2.24) is 0 Å². The molecule has 3 nitrogen and oxygen atoms in total. The minimum absolute atomic E-state index is 0.181. The lowest BCUT2D eigenvalue weighted by Gasteiger charge is -2.23. The summed E-state index contributed by atoms with van der Waals surface area (Å²) in [5.41, 5.74) is 2.73. The molecule has 2 rings (SSSR count). The van der Waals surface area contributed by atoms with Crippen LogP contribution in [-0.4, -0.2) is 19.2 Å². The zero-order valence-electron chi connectivity index (χ0n) is 10.0. The van der Waals surface area contributed by atoms with Crippen molar-refractivity contribution in [2.75, 3.05) is 18.0 Å². The van der Waals surface area contributed by atoms with Gasteiger partial charge in [0.05, 0.1) is 6.10 Å². The number of hydrogen-bond donors (Lipinski definition) is 1. The van der Waals surface area contributed by atoms with Crippen LogP contribution in [0, 0.1) is 0 Å². The van der Waals surface area contributed by atoms with Gasteiger partial charge in [0.2, 0.25) is 0 Å². The fourth-order valence-corrected chi connectivity index (χ4v) is 2.32. The molecule has 0 amide bonds. The molecule has 1 atom stereocenters. The first-order valence-electron chi connectivity index (χ1n) is 5.91. The first-order chi connectivity index (χ1) is 7.72. The van der Waals surface area contributed by atoms with Crippen molar-refractivity contribution in [2.24, 2.45) is 5.90 Å². The summed E-state index contributed by atoms with van der Waals surface area (Å²) < 4.78 is 0. The molecule has 1 unspecified atom stereocenters. The minimum atomic E-state index is 0.181. The second kappa shape index (κ2) is 4.85. The van der Waals surface area contributed by atoms with Crippen LogP contribution in [0.2, 0.25) is 0 Å². The molecular weight excluding hydrogens is 200 g/mol. The molecule has 0 saturated carbocycles. The molecule has 0 bridgehead atoms. The van der Waals surface area contributed by atoms with Gasteiger partial charge in [0.1, 0.15) is 0 Å². The summed E-state index contributed by atoms with van der Waals surface area (Å²) in [7, 11) is 0. The van der Waals surface area contributed by atoms with Gasteiger partial charge in [-0.05, 0) is 24.0 Å². The van der Waals surface area contributed by atoms with Crippen LogP contribution in [-0.2, 0) is 4.84 Å². The Morgan fingerprint density at radius 2 is 2.12 bits per heavy atom. The lowest BCUT2D eigenvalue weighted by atomic mass is 10.0. The number of nitrogens with two attached hydrogens (primary N) is 1. The summed E-state index contributed by atoms with van der Waals surface area (Å²) in [5, 5.41) is 0. The van der Waals surface area contributed by atoms with E-state index in [0.29, 0.717) is 5.92 Å². The maximum atomic E-state index is 5.25. The Morgan fingerprint density at radius 3 is 2.75 bits per heavy atom. The first kappa shape index (κ1) is 11.4. The molecule has 1 aliphatic heterocycles. The van der Waals surface area contributed by atoms with Gasteiger partial charge in [-0.2, -0.15) is 0 Å². The van der Waals surface area contributed by atoms with Gasteiger partial charge in [0, 0.05) is 18.8 Å². The maximum Gasteiger partial charge on any atom is 0.0978 e. The number of anilines is 1. The highest BCUT2D eigenvalue weighted by atomic mass is 16.6. The van der Waals surface area contributed by atoms with Gasteiger partial charge >= 0.3 is 0 Å². The highest BCUT2D eigenvalue weighted by Crippen LogP contribution is 2.29. The summed E-state index contributed by atoms with van der Waals surface area (Å²) in [6.45, 7) is 6.39. The Kier molecular flexibility index (Phi) is 3.46. The Bertz CT molecular complexity index is 352. The number of para-hydroxylation sites is 1. The molecule has 2 N–H and O–H groups in total. The topological polar surface area (TPSA) is 38.5 Å². The third kappa shape index (κ3) is 2.20. The van der Waals surface area contributed by atoms with E-state index in [4.69, 9.17) is 10.7 Å². The van der Waals surface area contributed by atoms with Crippen LogP contribution in [0.5, 0.6) is 0 Å². The van der Waals surface area contributed by atoms with Crippen LogP contribution in [0.4, 0.5) is 5.69 Å². The third-order valence-corrected chi connectivity index (χ3v) is 3.24. The van der Waals surface area contributed by atoms with Crippen LogP contribution < -0.4 is 10.8 Å². The maximum absolute atomic E-state index is 5.25. The van der Waals surface area contributed by atoms with E-state index in [2.05, 4.69) is 43.0 Å². The molecule has 1 aliphatic rings. The molecule has 1 aromatic rings. The number of rotatable bonds is 3. The Morgan fingerprint density at radius 1 is 1.38 bits per heavy atom. The molecule has 16 heavy (non-hydrogen) atoms. The third-order valence-electron chi connectivity index (χ3n) is 3.24. The predicted octanol–water partition coefficient (Wildman–Crippen LogP) is 2.28. The average molecular weight is 220 g/mol. The molecule has 0 aromatic heterocycles. The highest BCUT2D eigenvalue weighted by molar-refractivity contribution is 5.55. The normalized spacial score (nSPS) is 20.8. The van der Waals surface area contributed by atoms with Crippen molar-refractivity contribution >= 4 is 5.69 Å². The number of nitrogens with zero attached hydrogens (tertiary/aromatic N) is 1. The predicted molar refractivity (Wildman–Crippen MR) is 66.4 cm³/mol. The van der Waals surface area contributed by atoms with E-state index in [9.17, 15) is 0 Å². The SMILES string of the molecule is CC(C)c1ccccc1N1CCC(ON)C1. The molecule has 0 radical (unpaired) electrons. The van der Waals surface area contributed by atoms with Gasteiger partial charge in [-0.3, -0.25) is 4.84 Å². The van der Waals surface area contributed by atoms with Crippen molar-refractivity contribution in [3.63, 3.8) is 0 Å². The molecule has 1 aromatic carbocycles. The standard InChI is InChI=1S/C13H20N2O/c1-10(2)12-5-3-4-6-13(12)15-8-7-11(9-15)16-14/h3-6,10-11H,7-9,14H2,1-2H3. The van der Waals surface area contributed by atoms with Gasteiger partial charge in [-0.15, -0.1) is 0 Å². The summed E-state index contributed by atoms with van der Waals surface area (Å²) in [6, 6.07) is 8.59. The molecule has 1 heterocycles. The molecule has 0 aliphatic carbocycles. The smallest absolute Gasteiger partial charge is 0.0978 e. The fourth-order valence-electron chi connectivity index (χ4n) is 2.32. The second-order valence-corrected chi connectivity index (χ2v) is 4.71. The quantitative estimate of drug-likeness (QED) is 0.794. The van der Waals surface area contributed by atoms with E-state index in [-0.39, 0.29) is 6.10 Å². The zero-order valence-corrected chi connectivity index (χ0v) is 10.0. The average Bonchev–Trinajstić information content (AvgIpc) is 2.77. The Hall–Kier alpha value is -1.06.